The molecule has 20 heavy (non-hydrogen) atoms. The van der Waals surface area contributed by atoms with Crippen molar-refractivity contribution in [3.8, 4) is 0 Å². The van der Waals surface area contributed by atoms with E-state index in [1.807, 2.05) is 0 Å². The molecular formula is C14H12BrFN2O2. The summed E-state index contributed by atoms with van der Waals surface area (Å²) in [5.41, 5.74) is 0.840. The number of carboxylic acids is 1. The van der Waals surface area contributed by atoms with Gasteiger partial charge in [-0.25, -0.2) is 14.2 Å². The van der Waals surface area contributed by atoms with Crippen LogP contribution in [0.4, 0.5) is 10.2 Å². The van der Waals surface area contributed by atoms with Crippen LogP contribution >= 0.6 is 15.9 Å². The number of benzene rings is 1. The van der Waals surface area contributed by atoms with Gasteiger partial charge >= 0.3 is 5.97 Å². The first-order chi connectivity index (χ1) is 9.47. The molecule has 0 aliphatic rings. The summed E-state index contributed by atoms with van der Waals surface area (Å²) in [7, 11) is 1.72. The van der Waals surface area contributed by atoms with Crippen LogP contribution in [0.15, 0.2) is 41.0 Å². The number of anilines is 1. The maximum absolute atomic E-state index is 13.1. The van der Waals surface area contributed by atoms with Crippen molar-refractivity contribution < 1.29 is 14.3 Å². The number of hydrogen-bond acceptors (Lipinski definition) is 3. The van der Waals surface area contributed by atoms with Crippen molar-refractivity contribution in [3.05, 3.63) is 57.9 Å². The summed E-state index contributed by atoms with van der Waals surface area (Å²) in [6.45, 7) is 0.368. The molecule has 2 aromatic rings. The van der Waals surface area contributed by atoms with E-state index in [9.17, 15) is 14.3 Å². The Morgan fingerprint density at radius 1 is 1.45 bits per heavy atom. The fourth-order valence-corrected chi connectivity index (χ4v) is 2.21. The van der Waals surface area contributed by atoms with E-state index in [-0.39, 0.29) is 11.4 Å². The smallest absolute Gasteiger partial charge is 0.339 e. The van der Waals surface area contributed by atoms with E-state index < -0.39 is 5.97 Å². The minimum atomic E-state index is -1.06. The van der Waals surface area contributed by atoms with E-state index in [0.29, 0.717) is 16.8 Å². The topological polar surface area (TPSA) is 53.4 Å². The molecule has 1 N–H and O–H groups in total. The predicted octanol–water partition coefficient (Wildman–Crippen LogP) is 3.32. The summed E-state index contributed by atoms with van der Waals surface area (Å²) >= 11 is 3.20. The fourth-order valence-electron chi connectivity index (χ4n) is 1.88. The van der Waals surface area contributed by atoms with Gasteiger partial charge in [0.05, 0.1) is 0 Å². The summed E-state index contributed by atoms with van der Waals surface area (Å²) in [5.74, 6) is -1.04. The predicted molar refractivity (Wildman–Crippen MR) is 77.4 cm³/mol. The largest absolute Gasteiger partial charge is 0.478 e. The number of hydrogen-bond donors (Lipinski definition) is 1. The molecule has 0 aliphatic heterocycles. The summed E-state index contributed by atoms with van der Waals surface area (Å²) in [5, 5.41) is 9.20. The van der Waals surface area contributed by atoms with Gasteiger partial charge in [0.2, 0.25) is 0 Å². The third kappa shape index (κ3) is 3.33. The third-order valence-corrected chi connectivity index (χ3v) is 3.17. The van der Waals surface area contributed by atoms with Crippen molar-refractivity contribution in [1.29, 1.82) is 0 Å². The third-order valence-electron chi connectivity index (χ3n) is 2.73. The summed E-state index contributed by atoms with van der Waals surface area (Å²) in [4.78, 5) is 17.0. The van der Waals surface area contributed by atoms with Crippen LogP contribution in [0.5, 0.6) is 0 Å². The van der Waals surface area contributed by atoms with Gasteiger partial charge in [0.1, 0.15) is 17.2 Å². The Hall–Kier alpha value is -1.95. The maximum atomic E-state index is 13.1. The standard InChI is InChI=1S/C14H12BrFN2O2/c1-18(8-9-3-2-4-11(16)5-9)13-12(14(19)20)6-10(15)7-17-13/h2-7H,8H2,1H3,(H,19,20). The molecule has 1 heterocycles. The van der Waals surface area contributed by atoms with Crippen LogP contribution in [-0.2, 0) is 6.54 Å². The number of carboxylic acid groups (broad SMARTS) is 1. The van der Waals surface area contributed by atoms with Crippen LogP contribution in [0, 0.1) is 5.82 Å². The van der Waals surface area contributed by atoms with E-state index in [1.54, 1.807) is 24.1 Å². The van der Waals surface area contributed by atoms with Crippen LogP contribution in [0.25, 0.3) is 0 Å². The molecule has 0 radical (unpaired) electrons. The van der Waals surface area contributed by atoms with Gasteiger partial charge in [-0.2, -0.15) is 0 Å². The molecule has 0 spiro atoms. The van der Waals surface area contributed by atoms with Crippen molar-refractivity contribution in [1.82, 2.24) is 4.98 Å². The number of nitrogens with zero attached hydrogens (tertiary/aromatic N) is 2. The van der Waals surface area contributed by atoms with Gasteiger partial charge in [-0.05, 0) is 39.7 Å². The zero-order chi connectivity index (χ0) is 14.7. The second-order valence-corrected chi connectivity index (χ2v) is 5.23. The molecule has 0 aliphatic carbocycles. The molecule has 6 heteroatoms. The van der Waals surface area contributed by atoms with Crippen molar-refractivity contribution in [3.63, 3.8) is 0 Å². The van der Waals surface area contributed by atoms with E-state index in [4.69, 9.17) is 0 Å². The molecule has 104 valence electrons. The Balaban J connectivity index is 2.29. The first-order valence-corrected chi connectivity index (χ1v) is 6.61. The number of aromatic nitrogens is 1. The summed E-state index contributed by atoms with van der Waals surface area (Å²) < 4.78 is 13.7. The Kier molecular flexibility index (Phi) is 4.34. The van der Waals surface area contributed by atoms with Gasteiger partial charge in [0, 0.05) is 24.3 Å². The summed E-state index contributed by atoms with van der Waals surface area (Å²) in [6, 6.07) is 7.66. The van der Waals surface area contributed by atoms with Gasteiger partial charge in [-0.3, -0.25) is 0 Å². The second kappa shape index (κ2) is 6.00. The Labute approximate surface area is 124 Å². The minimum Gasteiger partial charge on any atom is -0.478 e. The first kappa shape index (κ1) is 14.5. The normalized spacial score (nSPS) is 10.3. The molecule has 0 atom stereocenters. The molecular weight excluding hydrogens is 327 g/mol. The van der Waals surface area contributed by atoms with E-state index in [0.717, 1.165) is 5.56 Å². The van der Waals surface area contributed by atoms with E-state index >= 15 is 0 Å². The second-order valence-electron chi connectivity index (χ2n) is 4.32. The Bertz CT molecular complexity index is 649. The molecule has 0 bridgehead atoms. The molecule has 0 fully saturated rings. The van der Waals surface area contributed by atoms with Crippen LogP contribution in [-0.4, -0.2) is 23.1 Å². The molecule has 4 nitrogen and oxygen atoms in total. The number of carbonyl (C=O) groups is 1. The lowest BCUT2D eigenvalue weighted by molar-refractivity contribution is 0.0697. The van der Waals surface area contributed by atoms with Crippen molar-refractivity contribution >= 4 is 27.7 Å². The lowest BCUT2D eigenvalue weighted by atomic mass is 10.2. The number of aromatic carboxylic acids is 1. The lowest BCUT2D eigenvalue weighted by Gasteiger charge is -2.20. The highest BCUT2D eigenvalue weighted by Gasteiger charge is 2.16. The van der Waals surface area contributed by atoms with Crippen molar-refractivity contribution in [2.45, 2.75) is 6.54 Å². The van der Waals surface area contributed by atoms with Gasteiger partial charge in [0.15, 0.2) is 0 Å². The average Bonchev–Trinajstić information content (AvgIpc) is 2.38. The quantitative estimate of drug-likeness (QED) is 0.929. The number of rotatable bonds is 4. The fraction of sp³-hybridized carbons (Fsp3) is 0.143. The zero-order valence-electron chi connectivity index (χ0n) is 10.7. The van der Waals surface area contributed by atoms with Gasteiger partial charge in [-0.15, -0.1) is 0 Å². The van der Waals surface area contributed by atoms with Crippen LogP contribution in [0.1, 0.15) is 15.9 Å². The monoisotopic (exact) mass is 338 g/mol. The number of pyridine rings is 1. The molecule has 0 saturated heterocycles. The molecule has 1 aromatic carbocycles. The highest BCUT2D eigenvalue weighted by Crippen LogP contribution is 2.22. The Morgan fingerprint density at radius 2 is 2.20 bits per heavy atom. The molecule has 0 unspecified atom stereocenters. The molecule has 2 rings (SSSR count). The molecule has 1 aromatic heterocycles. The van der Waals surface area contributed by atoms with Crippen LogP contribution in [0.3, 0.4) is 0 Å². The van der Waals surface area contributed by atoms with E-state index in [1.165, 1.54) is 24.4 Å². The van der Waals surface area contributed by atoms with Gasteiger partial charge in [0.25, 0.3) is 0 Å². The average molecular weight is 339 g/mol. The molecule has 0 amide bonds. The Morgan fingerprint density at radius 3 is 2.85 bits per heavy atom. The van der Waals surface area contributed by atoms with Gasteiger partial charge in [-0.1, -0.05) is 12.1 Å². The van der Waals surface area contributed by atoms with E-state index in [2.05, 4.69) is 20.9 Å². The summed E-state index contributed by atoms with van der Waals surface area (Å²) in [6.07, 6.45) is 1.53. The highest BCUT2D eigenvalue weighted by atomic mass is 79.9. The number of halogens is 2. The minimum absolute atomic E-state index is 0.0956. The lowest BCUT2D eigenvalue weighted by Crippen LogP contribution is -2.21. The SMILES string of the molecule is CN(Cc1cccc(F)c1)c1ncc(Br)cc1C(=O)O. The van der Waals surface area contributed by atoms with Gasteiger partial charge < -0.3 is 10.0 Å². The first-order valence-electron chi connectivity index (χ1n) is 5.82. The van der Waals surface area contributed by atoms with Crippen LogP contribution < -0.4 is 4.90 Å². The zero-order valence-corrected chi connectivity index (χ0v) is 12.3. The highest BCUT2D eigenvalue weighted by molar-refractivity contribution is 9.10. The van der Waals surface area contributed by atoms with Crippen molar-refractivity contribution in [2.24, 2.45) is 0 Å². The van der Waals surface area contributed by atoms with Crippen LogP contribution in [0.2, 0.25) is 0 Å². The van der Waals surface area contributed by atoms with Crippen molar-refractivity contribution in [2.75, 3.05) is 11.9 Å². The maximum Gasteiger partial charge on any atom is 0.339 e. The molecule has 0 saturated carbocycles.